The summed E-state index contributed by atoms with van der Waals surface area (Å²) in [5.41, 5.74) is 0. The van der Waals surface area contributed by atoms with Crippen LogP contribution in [-0.4, -0.2) is 29.8 Å². The van der Waals surface area contributed by atoms with Crippen molar-refractivity contribution in [3.8, 4) is 0 Å². The molecule has 0 saturated carbocycles. The highest BCUT2D eigenvalue weighted by atomic mass is 16.1. The molecule has 14 heavy (non-hydrogen) atoms. The lowest BCUT2D eigenvalue weighted by Gasteiger charge is -2.31. The summed E-state index contributed by atoms with van der Waals surface area (Å²) < 4.78 is 0. The zero-order chi connectivity index (χ0) is 11.0. The van der Waals surface area contributed by atoms with Crippen LogP contribution in [0.5, 0.6) is 0 Å². The molecule has 0 aliphatic carbocycles. The first kappa shape index (κ1) is 13.6. The molecule has 0 saturated heterocycles. The molecule has 0 amide bonds. The molecule has 0 aliphatic rings. The standard InChI is InChI=1S/C12H25NO/c1-5-7-9-13(11(3)4)12(10-14)8-6-2/h10-12H,5-9H2,1-4H3. The van der Waals surface area contributed by atoms with Gasteiger partial charge in [0.05, 0.1) is 6.04 Å². The van der Waals surface area contributed by atoms with Gasteiger partial charge in [-0.1, -0.05) is 26.7 Å². The topological polar surface area (TPSA) is 20.3 Å². The van der Waals surface area contributed by atoms with Crippen molar-refractivity contribution in [3.63, 3.8) is 0 Å². The smallest absolute Gasteiger partial charge is 0.137 e. The second-order valence-corrected chi connectivity index (χ2v) is 4.18. The molecule has 0 aromatic carbocycles. The zero-order valence-corrected chi connectivity index (χ0v) is 10.1. The molecule has 0 N–H and O–H groups in total. The summed E-state index contributed by atoms with van der Waals surface area (Å²) in [6.07, 6.45) is 5.57. The van der Waals surface area contributed by atoms with Crippen molar-refractivity contribution in [2.75, 3.05) is 6.54 Å². The van der Waals surface area contributed by atoms with Crippen molar-refractivity contribution < 1.29 is 4.79 Å². The molecule has 84 valence electrons. The third-order valence-corrected chi connectivity index (χ3v) is 2.60. The van der Waals surface area contributed by atoms with Gasteiger partial charge in [0.2, 0.25) is 0 Å². The first-order valence-corrected chi connectivity index (χ1v) is 5.88. The third kappa shape index (κ3) is 4.75. The van der Waals surface area contributed by atoms with Gasteiger partial charge in [-0.15, -0.1) is 0 Å². The molecule has 2 heteroatoms. The van der Waals surface area contributed by atoms with Crippen LogP contribution in [0.4, 0.5) is 0 Å². The number of unbranched alkanes of at least 4 members (excludes halogenated alkanes) is 1. The Bertz CT molecular complexity index is 145. The number of carbonyl (C=O) groups is 1. The molecule has 0 fully saturated rings. The Morgan fingerprint density at radius 2 is 1.86 bits per heavy atom. The highest BCUT2D eigenvalue weighted by Gasteiger charge is 2.18. The van der Waals surface area contributed by atoms with Crippen LogP contribution in [-0.2, 0) is 4.79 Å². The lowest BCUT2D eigenvalue weighted by Crippen LogP contribution is -2.42. The average molecular weight is 199 g/mol. The quantitative estimate of drug-likeness (QED) is 0.560. The fourth-order valence-corrected chi connectivity index (χ4v) is 1.76. The maximum atomic E-state index is 11.0. The van der Waals surface area contributed by atoms with Crippen LogP contribution in [0.3, 0.4) is 0 Å². The van der Waals surface area contributed by atoms with Crippen LogP contribution in [0.15, 0.2) is 0 Å². The highest BCUT2D eigenvalue weighted by molar-refractivity contribution is 5.57. The van der Waals surface area contributed by atoms with Gasteiger partial charge >= 0.3 is 0 Å². The van der Waals surface area contributed by atoms with Crippen LogP contribution in [0.25, 0.3) is 0 Å². The SMILES string of the molecule is CCCCN(C(C)C)C(C=O)CCC. The first-order chi connectivity index (χ1) is 6.67. The Balaban J connectivity index is 4.19. The highest BCUT2D eigenvalue weighted by Crippen LogP contribution is 2.10. The molecule has 0 rings (SSSR count). The summed E-state index contributed by atoms with van der Waals surface area (Å²) in [5.74, 6) is 0. The van der Waals surface area contributed by atoms with Crippen LogP contribution in [0, 0.1) is 0 Å². The summed E-state index contributed by atoms with van der Waals surface area (Å²) in [6, 6.07) is 0.606. The zero-order valence-electron chi connectivity index (χ0n) is 10.1. The van der Waals surface area contributed by atoms with Crippen molar-refractivity contribution in [2.24, 2.45) is 0 Å². The van der Waals surface area contributed by atoms with Crippen molar-refractivity contribution >= 4 is 6.29 Å². The van der Waals surface area contributed by atoms with Crippen molar-refractivity contribution in [2.45, 2.75) is 65.5 Å². The minimum atomic E-state index is 0.131. The summed E-state index contributed by atoms with van der Waals surface area (Å²) >= 11 is 0. The second kappa shape index (κ2) is 7.98. The Hall–Kier alpha value is -0.370. The molecule has 0 aliphatic heterocycles. The number of hydrogen-bond donors (Lipinski definition) is 0. The van der Waals surface area contributed by atoms with Gasteiger partial charge in [0.15, 0.2) is 0 Å². The molecular formula is C12H25NO. The van der Waals surface area contributed by atoms with Crippen LogP contribution >= 0.6 is 0 Å². The predicted octanol–water partition coefficient (Wildman–Crippen LogP) is 2.86. The summed E-state index contributed by atoms with van der Waals surface area (Å²) in [6.45, 7) is 9.71. The Morgan fingerprint density at radius 1 is 1.21 bits per heavy atom. The van der Waals surface area contributed by atoms with E-state index in [0.29, 0.717) is 6.04 Å². The maximum Gasteiger partial charge on any atom is 0.137 e. The van der Waals surface area contributed by atoms with Gasteiger partial charge in [0, 0.05) is 6.04 Å². The predicted molar refractivity (Wildman–Crippen MR) is 61.5 cm³/mol. The normalized spacial score (nSPS) is 13.6. The number of rotatable bonds is 8. The minimum Gasteiger partial charge on any atom is -0.302 e. The number of carbonyl (C=O) groups excluding carboxylic acids is 1. The van der Waals surface area contributed by atoms with Gasteiger partial charge in [0.1, 0.15) is 6.29 Å². The molecule has 2 nitrogen and oxygen atoms in total. The summed E-state index contributed by atoms with van der Waals surface area (Å²) in [7, 11) is 0. The molecule has 0 radical (unpaired) electrons. The molecule has 0 aromatic heterocycles. The van der Waals surface area contributed by atoms with E-state index in [9.17, 15) is 4.79 Å². The summed E-state index contributed by atoms with van der Waals surface area (Å²) in [4.78, 5) is 13.3. The maximum absolute atomic E-state index is 11.0. The van der Waals surface area contributed by atoms with Crippen LogP contribution < -0.4 is 0 Å². The fourth-order valence-electron chi connectivity index (χ4n) is 1.76. The van der Waals surface area contributed by atoms with E-state index in [1.54, 1.807) is 0 Å². The van der Waals surface area contributed by atoms with E-state index in [1.807, 2.05) is 0 Å². The number of aldehydes is 1. The Morgan fingerprint density at radius 3 is 2.21 bits per heavy atom. The van der Waals surface area contributed by atoms with Crippen LogP contribution in [0.2, 0.25) is 0 Å². The number of hydrogen-bond acceptors (Lipinski definition) is 2. The molecular weight excluding hydrogens is 174 g/mol. The van der Waals surface area contributed by atoms with Gasteiger partial charge in [-0.25, -0.2) is 0 Å². The van der Waals surface area contributed by atoms with Gasteiger partial charge < -0.3 is 4.79 Å². The Kier molecular flexibility index (Phi) is 7.77. The van der Waals surface area contributed by atoms with E-state index in [2.05, 4.69) is 32.6 Å². The van der Waals surface area contributed by atoms with E-state index in [1.165, 1.54) is 12.8 Å². The molecule has 0 heterocycles. The summed E-state index contributed by atoms with van der Waals surface area (Å²) in [5, 5.41) is 0. The second-order valence-electron chi connectivity index (χ2n) is 4.18. The Labute approximate surface area is 88.7 Å². The lowest BCUT2D eigenvalue weighted by molar-refractivity contribution is -0.113. The van der Waals surface area contributed by atoms with E-state index in [4.69, 9.17) is 0 Å². The van der Waals surface area contributed by atoms with Crippen molar-refractivity contribution in [3.05, 3.63) is 0 Å². The fraction of sp³-hybridized carbons (Fsp3) is 0.917. The van der Waals surface area contributed by atoms with Gasteiger partial charge in [-0.05, 0) is 33.2 Å². The largest absolute Gasteiger partial charge is 0.302 e. The van der Waals surface area contributed by atoms with E-state index >= 15 is 0 Å². The number of nitrogens with zero attached hydrogens (tertiary/aromatic N) is 1. The minimum absolute atomic E-state index is 0.131. The molecule has 1 unspecified atom stereocenters. The third-order valence-electron chi connectivity index (χ3n) is 2.60. The van der Waals surface area contributed by atoms with E-state index in [-0.39, 0.29) is 6.04 Å². The monoisotopic (exact) mass is 199 g/mol. The van der Waals surface area contributed by atoms with E-state index in [0.717, 1.165) is 25.7 Å². The van der Waals surface area contributed by atoms with Gasteiger partial charge in [-0.2, -0.15) is 0 Å². The van der Waals surface area contributed by atoms with Gasteiger partial charge in [0.25, 0.3) is 0 Å². The van der Waals surface area contributed by atoms with E-state index < -0.39 is 0 Å². The first-order valence-electron chi connectivity index (χ1n) is 5.88. The molecule has 0 spiro atoms. The van der Waals surface area contributed by atoms with Crippen LogP contribution in [0.1, 0.15) is 53.4 Å². The molecule has 0 aromatic rings. The van der Waals surface area contributed by atoms with Crippen molar-refractivity contribution in [1.82, 2.24) is 4.90 Å². The molecule has 1 atom stereocenters. The lowest BCUT2D eigenvalue weighted by atomic mass is 10.1. The average Bonchev–Trinajstić information content (AvgIpc) is 2.16. The van der Waals surface area contributed by atoms with Gasteiger partial charge in [-0.3, -0.25) is 4.90 Å². The van der Waals surface area contributed by atoms with Crippen molar-refractivity contribution in [1.29, 1.82) is 0 Å². The molecule has 0 bridgehead atoms.